The van der Waals surface area contributed by atoms with Gasteiger partial charge in [0.25, 0.3) is 0 Å². The van der Waals surface area contributed by atoms with Crippen LogP contribution in [0.5, 0.6) is 0 Å². The lowest BCUT2D eigenvalue weighted by Crippen LogP contribution is -2.32. The number of thiophene rings is 1. The van der Waals surface area contributed by atoms with E-state index >= 15 is 0 Å². The first kappa shape index (κ1) is 41.2. The Morgan fingerprint density at radius 2 is 0.917 bits per heavy atom. The molecule has 2 aromatic heterocycles. The summed E-state index contributed by atoms with van der Waals surface area (Å²) in [5, 5.41) is 4.56. The molecular formula is C67H42N2OS2. The molecule has 72 heavy (non-hydrogen) atoms. The third-order valence-corrected chi connectivity index (χ3v) is 17.2. The molecule has 1 aliphatic heterocycles. The molecule has 15 rings (SSSR count). The summed E-state index contributed by atoms with van der Waals surface area (Å²) in [5.74, 6) is 0. The Bertz CT molecular complexity index is 4190. The second kappa shape index (κ2) is 16.2. The summed E-state index contributed by atoms with van der Waals surface area (Å²) in [6, 6.07) is 93.4. The van der Waals surface area contributed by atoms with E-state index in [1.165, 1.54) is 74.5 Å². The van der Waals surface area contributed by atoms with E-state index in [9.17, 15) is 0 Å². The van der Waals surface area contributed by atoms with Crippen LogP contribution >= 0.6 is 23.1 Å². The van der Waals surface area contributed by atoms with Crippen molar-refractivity contribution in [3.63, 3.8) is 0 Å². The number of anilines is 6. The fourth-order valence-corrected chi connectivity index (χ4v) is 14.4. The minimum atomic E-state index is -0.602. The Morgan fingerprint density at radius 3 is 1.65 bits per heavy atom. The predicted molar refractivity (Wildman–Crippen MR) is 303 cm³/mol. The van der Waals surface area contributed by atoms with Crippen molar-refractivity contribution in [3.05, 3.63) is 277 Å². The van der Waals surface area contributed by atoms with Crippen molar-refractivity contribution >= 4 is 99.3 Å². The van der Waals surface area contributed by atoms with E-state index in [0.717, 1.165) is 56.1 Å². The largest absolute Gasteiger partial charge is 0.454 e. The molecule has 3 nitrogen and oxygen atoms in total. The molecule has 0 unspecified atom stereocenters. The SMILES string of the molecule is c1ccc(-c2cc(N(c3cccc4c3oc3cccc(N(c5ccccc5)c5ccccc5)c34)c3cccc4sc5ccccc5c34)cc3c2Sc2ccccc2C32c3ccccc3-c3ccccc32)cc1. The Hall–Kier alpha value is -8.61. The first-order chi connectivity index (χ1) is 35.7. The molecule has 2 aliphatic rings. The third kappa shape index (κ3) is 5.99. The van der Waals surface area contributed by atoms with E-state index in [4.69, 9.17) is 4.42 Å². The van der Waals surface area contributed by atoms with Gasteiger partial charge in [0.15, 0.2) is 5.58 Å². The highest BCUT2D eigenvalue weighted by molar-refractivity contribution is 7.99. The smallest absolute Gasteiger partial charge is 0.159 e. The zero-order chi connectivity index (χ0) is 47.3. The van der Waals surface area contributed by atoms with Crippen LogP contribution in [-0.2, 0) is 5.41 Å². The molecule has 5 heteroatoms. The van der Waals surface area contributed by atoms with E-state index in [-0.39, 0.29) is 0 Å². The van der Waals surface area contributed by atoms with Gasteiger partial charge in [0, 0.05) is 52.4 Å². The van der Waals surface area contributed by atoms with Crippen LogP contribution in [0.2, 0.25) is 0 Å². The van der Waals surface area contributed by atoms with Crippen molar-refractivity contribution in [2.24, 2.45) is 0 Å². The van der Waals surface area contributed by atoms with Crippen LogP contribution in [-0.4, -0.2) is 0 Å². The minimum Gasteiger partial charge on any atom is -0.454 e. The number of para-hydroxylation sites is 3. The van der Waals surface area contributed by atoms with Crippen LogP contribution in [0.3, 0.4) is 0 Å². The zero-order valence-electron chi connectivity index (χ0n) is 38.9. The van der Waals surface area contributed by atoms with Crippen molar-refractivity contribution in [1.82, 2.24) is 0 Å². The Balaban J connectivity index is 1.07. The van der Waals surface area contributed by atoms with Gasteiger partial charge in [-0.25, -0.2) is 0 Å². The number of rotatable bonds is 7. The van der Waals surface area contributed by atoms with Gasteiger partial charge in [0.2, 0.25) is 0 Å². The van der Waals surface area contributed by atoms with Gasteiger partial charge in [-0.1, -0.05) is 188 Å². The molecule has 0 saturated carbocycles. The van der Waals surface area contributed by atoms with Crippen LogP contribution in [0.1, 0.15) is 22.3 Å². The van der Waals surface area contributed by atoms with Gasteiger partial charge in [0.05, 0.1) is 27.9 Å². The van der Waals surface area contributed by atoms with E-state index in [1.807, 2.05) is 23.1 Å². The Morgan fingerprint density at radius 1 is 0.361 bits per heavy atom. The van der Waals surface area contributed by atoms with E-state index in [1.54, 1.807) is 0 Å². The maximum absolute atomic E-state index is 7.34. The van der Waals surface area contributed by atoms with Gasteiger partial charge >= 0.3 is 0 Å². The van der Waals surface area contributed by atoms with Crippen molar-refractivity contribution in [1.29, 1.82) is 0 Å². The fraction of sp³-hybridized carbons (Fsp3) is 0.0149. The molecule has 1 spiro atoms. The van der Waals surface area contributed by atoms with E-state index < -0.39 is 5.41 Å². The molecule has 11 aromatic carbocycles. The number of benzene rings is 11. The molecule has 3 heterocycles. The average molecular weight is 955 g/mol. The maximum atomic E-state index is 7.34. The monoisotopic (exact) mass is 954 g/mol. The first-order valence-corrected chi connectivity index (χ1v) is 26.1. The number of hydrogen-bond donors (Lipinski definition) is 0. The summed E-state index contributed by atoms with van der Waals surface area (Å²) < 4.78 is 9.84. The van der Waals surface area contributed by atoms with Gasteiger partial charge in [0.1, 0.15) is 5.58 Å². The first-order valence-electron chi connectivity index (χ1n) is 24.5. The number of hydrogen-bond acceptors (Lipinski definition) is 5. The number of fused-ring (bicyclic) bond motifs is 15. The maximum Gasteiger partial charge on any atom is 0.159 e. The molecule has 1 aliphatic carbocycles. The van der Waals surface area contributed by atoms with E-state index in [2.05, 4.69) is 265 Å². The number of nitrogens with zero attached hydrogens (tertiary/aromatic N) is 2. The molecule has 13 aromatic rings. The van der Waals surface area contributed by atoms with Crippen LogP contribution in [0.4, 0.5) is 34.1 Å². The summed E-state index contributed by atoms with van der Waals surface area (Å²) in [7, 11) is 0. The fourth-order valence-electron chi connectivity index (χ4n) is 12.0. The molecule has 338 valence electrons. The average Bonchev–Trinajstić information content (AvgIpc) is 4.12. The quantitative estimate of drug-likeness (QED) is 0.158. The second-order valence-corrected chi connectivity index (χ2v) is 20.8. The topological polar surface area (TPSA) is 19.6 Å². The van der Waals surface area contributed by atoms with Gasteiger partial charge in [-0.3, -0.25) is 0 Å². The van der Waals surface area contributed by atoms with Crippen LogP contribution in [0.15, 0.2) is 269 Å². The number of furan rings is 1. The highest BCUT2D eigenvalue weighted by Gasteiger charge is 2.51. The van der Waals surface area contributed by atoms with Crippen molar-refractivity contribution in [2.45, 2.75) is 15.2 Å². The highest BCUT2D eigenvalue weighted by Crippen LogP contribution is 2.64. The van der Waals surface area contributed by atoms with Gasteiger partial charge in [-0.15, -0.1) is 11.3 Å². The summed E-state index contributed by atoms with van der Waals surface area (Å²) in [4.78, 5) is 7.40. The van der Waals surface area contributed by atoms with Gasteiger partial charge in [-0.2, -0.15) is 0 Å². The zero-order valence-corrected chi connectivity index (χ0v) is 40.5. The standard InChI is InChI=1S/C67H42N2OS2/c1-4-21-43(22-5-1)51-41-46(42-55-66(51)72-61-39-17-15-33-54(61)67(55)52-31-13-10-27-47(52)48-28-11-14-32-53(48)67)69(57-35-20-40-62-64(57)49-29-12-16-38-60(49)71-62)58-36-18-30-50-63-56(34-19-37-59(63)70-65(50)58)68(44-23-6-2-7-24-44)45-25-8-3-9-26-45/h1-42H. The Kier molecular flexibility index (Phi) is 9.28. The molecule has 0 fully saturated rings. The molecule has 0 N–H and O–H groups in total. The van der Waals surface area contributed by atoms with Crippen LogP contribution in [0.25, 0.3) is 64.4 Å². The second-order valence-electron chi connectivity index (χ2n) is 18.7. The molecule has 0 atom stereocenters. The molecule has 0 bridgehead atoms. The van der Waals surface area contributed by atoms with E-state index in [0.29, 0.717) is 0 Å². The molecule has 0 radical (unpaired) electrons. The summed E-state index contributed by atoms with van der Waals surface area (Å²) in [6.07, 6.45) is 0. The van der Waals surface area contributed by atoms with Gasteiger partial charge in [-0.05, 0) is 123 Å². The highest BCUT2D eigenvalue weighted by atomic mass is 32.2. The van der Waals surface area contributed by atoms with Gasteiger partial charge < -0.3 is 14.2 Å². The van der Waals surface area contributed by atoms with Crippen LogP contribution < -0.4 is 9.80 Å². The predicted octanol–water partition coefficient (Wildman–Crippen LogP) is 19.4. The summed E-state index contributed by atoms with van der Waals surface area (Å²) >= 11 is 3.75. The molecular weight excluding hydrogens is 913 g/mol. The van der Waals surface area contributed by atoms with Crippen molar-refractivity contribution < 1.29 is 4.42 Å². The minimum absolute atomic E-state index is 0.602. The lowest BCUT2D eigenvalue weighted by atomic mass is 9.66. The molecule has 0 saturated heterocycles. The third-order valence-electron chi connectivity index (χ3n) is 14.9. The van der Waals surface area contributed by atoms with Crippen molar-refractivity contribution in [2.75, 3.05) is 9.80 Å². The lowest BCUT2D eigenvalue weighted by Gasteiger charge is -2.41. The normalized spacial score (nSPS) is 13.1. The molecule has 0 amide bonds. The summed E-state index contributed by atoms with van der Waals surface area (Å²) in [6.45, 7) is 0. The summed E-state index contributed by atoms with van der Waals surface area (Å²) in [5.41, 5.74) is 17.5. The lowest BCUT2D eigenvalue weighted by molar-refractivity contribution is 0.669. The van der Waals surface area contributed by atoms with Crippen molar-refractivity contribution in [3.8, 4) is 22.3 Å². The Labute approximate surface area is 425 Å². The van der Waals surface area contributed by atoms with Crippen LogP contribution in [0, 0.1) is 0 Å².